The molecule has 0 saturated heterocycles. The van der Waals surface area contributed by atoms with Gasteiger partial charge in [0, 0.05) is 19.6 Å². The highest BCUT2D eigenvalue weighted by Gasteiger charge is 2.26. The Bertz CT molecular complexity index is 429. The minimum absolute atomic E-state index is 0.425. The number of rotatable bonds is 4. The van der Waals surface area contributed by atoms with Crippen molar-refractivity contribution in [2.24, 2.45) is 11.5 Å². The molecule has 1 heterocycles. The smallest absolute Gasteiger partial charge is 0.237 e. The molecule has 0 spiro atoms. The van der Waals surface area contributed by atoms with Crippen molar-refractivity contribution < 1.29 is 4.79 Å². The summed E-state index contributed by atoms with van der Waals surface area (Å²) in [6.45, 7) is 4.57. The van der Waals surface area contributed by atoms with Crippen LogP contribution in [0.25, 0.3) is 0 Å². The van der Waals surface area contributed by atoms with Crippen LogP contribution < -0.4 is 11.5 Å². The van der Waals surface area contributed by atoms with E-state index in [1.165, 1.54) is 11.1 Å². The third kappa shape index (κ3) is 3.55. The molecule has 1 aromatic rings. The Morgan fingerprint density at radius 3 is 2.26 bits per heavy atom. The van der Waals surface area contributed by atoms with Gasteiger partial charge < -0.3 is 16.4 Å². The van der Waals surface area contributed by atoms with Crippen LogP contribution in [0.15, 0.2) is 24.3 Å². The van der Waals surface area contributed by atoms with E-state index in [0.717, 1.165) is 32.5 Å². The van der Waals surface area contributed by atoms with Gasteiger partial charge in [-0.25, -0.2) is 0 Å². The number of primary amides is 1. The number of nitrogens with two attached hydrogens (primary N) is 2. The first-order valence-corrected chi connectivity index (χ1v) is 6.87. The van der Waals surface area contributed by atoms with E-state index in [0.29, 0.717) is 6.42 Å². The van der Waals surface area contributed by atoms with Crippen LogP contribution in [-0.2, 0) is 17.6 Å². The lowest BCUT2D eigenvalue weighted by atomic mass is 9.98. The van der Waals surface area contributed by atoms with Crippen LogP contribution in [-0.4, -0.2) is 36.0 Å². The molecular formula is C15H23N3O. The van der Waals surface area contributed by atoms with E-state index in [4.69, 9.17) is 11.5 Å². The number of amides is 1. The van der Waals surface area contributed by atoms with E-state index in [9.17, 15) is 4.79 Å². The summed E-state index contributed by atoms with van der Waals surface area (Å²) in [5, 5.41) is 0. The third-order valence-electron chi connectivity index (χ3n) is 4.02. The van der Waals surface area contributed by atoms with Crippen molar-refractivity contribution in [2.45, 2.75) is 31.7 Å². The molecule has 1 amide bonds. The van der Waals surface area contributed by atoms with Gasteiger partial charge >= 0.3 is 0 Å². The summed E-state index contributed by atoms with van der Waals surface area (Å²) in [5.41, 5.74) is 13.2. The Morgan fingerprint density at radius 2 is 1.79 bits per heavy atom. The van der Waals surface area contributed by atoms with E-state index >= 15 is 0 Å². The summed E-state index contributed by atoms with van der Waals surface area (Å²) in [5.74, 6) is -0.425. The minimum atomic E-state index is -0.904. The van der Waals surface area contributed by atoms with Crippen molar-refractivity contribution >= 4 is 5.91 Å². The SMILES string of the molecule is CC(N)(CCN1CCc2ccccc2CC1)C(N)=O. The van der Waals surface area contributed by atoms with Gasteiger partial charge in [0.25, 0.3) is 0 Å². The molecule has 0 bridgehead atoms. The zero-order valence-electron chi connectivity index (χ0n) is 11.6. The maximum atomic E-state index is 11.2. The molecule has 1 unspecified atom stereocenters. The second kappa shape index (κ2) is 5.72. The van der Waals surface area contributed by atoms with Gasteiger partial charge in [-0.05, 0) is 37.3 Å². The van der Waals surface area contributed by atoms with Crippen LogP contribution in [0.3, 0.4) is 0 Å². The molecule has 0 saturated carbocycles. The molecule has 4 heteroatoms. The molecule has 0 fully saturated rings. The molecule has 4 nitrogen and oxygen atoms in total. The highest BCUT2D eigenvalue weighted by atomic mass is 16.1. The normalized spacial score (nSPS) is 19.3. The van der Waals surface area contributed by atoms with Gasteiger partial charge in [0.2, 0.25) is 5.91 Å². The molecule has 104 valence electrons. The number of hydrogen-bond donors (Lipinski definition) is 2. The maximum absolute atomic E-state index is 11.2. The molecule has 0 radical (unpaired) electrons. The fourth-order valence-electron chi connectivity index (χ4n) is 2.45. The van der Waals surface area contributed by atoms with Gasteiger partial charge in [-0.15, -0.1) is 0 Å². The fourth-order valence-corrected chi connectivity index (χ4v) is 2.45. The average Bonchev–Trinajstić information content (AvgIpc) is 2.59. The molecule has 4 N–H and O–H groups in total. The molecule has 2 rings (SSSR count). The number of nitrogens with zero attached hydrogens (tertiary/aromatic N) is 1. The van der Waals surface area contributed by atoms with E-state index in [1.807, 2.05) is 0 Å². The van der Waals surface area contributed by atoms with Crippen LogP contribution in [0.2, 0.25) is 0 Å². The number of benzene rings is 1. The van der Waals surface area contributed by atoms with Crippen molar-refractivity contribution in [3.05, 3.63) is 35.4 Å². The number of carbonyl (C=O) groups excluding carboxylic acids is 1. The second-order valence-corrected chi connectivity index (χ2v) is 5.64. The first kappa shape index (κ1) is 14.0. The number of fused-ring (bicyclic) bond motifs is 1. The van der Waals surface area contributed by atoms with Gasteiger partial charge in [0.05, 0.1) is 5.54 Å². The largest absolute Gasteiger partial charge is 0.368 e. The molecule has 0 aromatic heterocycles. The van der Waals surface area contributed by atoms with Crippen LogP contribution >= 0.6 is 0 Å². The predicted octanol–water partition coefficient (Wildman–Crippen LogP) is 0.680. The third-order valence-corrected chi connectivity index (χ3v) is 4.02. The zero-order chi connectivity index (χ0) is 13.9. The van der Waals surface area contributed by atoms with Gasteiger partial charge in [-0.3, -0.25) is 4.79 Å². The predicted molar refractivity (Wildman–Crippen MR) is 76.7 cm³/mol. The Labute approximate surface area is 114 Å². The fraction of sp³-hybridized carbons (Fsp3) is 0.533. The monoisotopic (exact) mass is 261 g/mol. The van der Waals surface area contributed by atoms with Crippen molar-refractivity contribution in [1.82, 2.24) is 4.90 Å². The Kier molecular flexibility index (Phi) is 4.22. The molecule has 1 aliphatic heterocycles. The van der Waals surface area contributed by atoms with Crippen LogP contribution in [0.1, 0.15) is 24.5 Å². The first-order valence-electron chi connectivity index (χ1n) is 6.87. The Morgan fingerprint density at radius 1 is 1.26 bits per heavy atom. The summed E-state index contributed by atoms with van der Waals surface area (Å²) >= 11 is 0. The second-order valence-electron chi connectivity index (χ2n) is 5.64. The Hall–Kier alpha value is -1.39. The van der Waals surface area contributed by atoms with E-state index in [1.54, 1.807) is 6.92 Å². The summed E-state index contributed by atoms with van der Waals surface area (Å²) < 4.78 is 0. The lowest BCUT2D eigenvalue weighted by Gasteiger charge is -2.26. The van der Waals surface area contributed by atoms with Crippen LogP contribution in [0.4, 0.5) is 0 Å². The van der Waals surface area contributed by atoms with Crippen molar-refractivity contribution in [1.29, 1.82) is 0 Å². The summed E-state index contributed by atoms with van der Waals surface area (Å²) in [4.78, 5) is 13.6. The summed E-state index contributed by atoms with van der Waals surface area (Å²) in [6, 6.07) is 8.60. The Balaban J connectivity index is 1.90. The van der Waals surface area contributed by atoms with Gasteiger partial charge in [-0.2, -0.15) is 0 Å². The first-order chi connectivity index (χ1) is 8.99. The summed E-state index contributed by atoms with van der Waals surface area (Å²) in [6.07, 6.45) is 2.74. The lowest BCUT2D eigenvalue weighted by molar-refractivity contribution is -0.122. The number of hydrogen-bond acceptors (Lipinski definition) is 3. The topological polar surface area (TPSA) is 72.3 Å². The van der Waals surface area contributed by atoms with Crippen LogP contribution in [0, 0.1) is 0 Å². The molecule has 1 aliphatic rings. The quantitative estimate of drug-likeness (QED) is 0.837. The highest BCUT2D eigenvalue weighted by molar-refractivity contribution is 5.83. The molecule has 1 aromatic carbocycles. The zero-order valence-corrected chi connectivity index (χ0v) is 11.6. The maximum Gasteiger partial charge on any atom is 0.237 e. The van der Waals surface area contributed by atoms with E-state index in [2.05, 4.69) is 29.2 Å². The van der Waals surface area contributed by atoms with Crippen molar-refractivity contribution in [3.8, 4) is 0 Å². The lowest BCUT2D eigenvalue weighted by Crippen LogP contribution is -2.51. The molecule has 19 heavy (non-hydrogen) atoms. The average molecular weight is 261 g/mol. The van der Waals surface area contributed by atoms with Gasteiger partial charge in [-0.1, -0.05) is 24.3 Å². The standard InChI is InChI=1S/C15H23N3O/c1-15(17,14(16)19)8-11-18-9-6-12-4-2-3-5-13(12)7-10-18/h2-5H,6-11,17H2,1H3,(H2,16,19). The summed E-state index contributed by atoms with van der Waals surface area (Å²) in [7, 11) is 0. The van der Waals surface area contributed by atoms with E-state index < -0.39 is 11.4 Å². The van der Waals surface area contributed by atoms with Crippen molar-refractivity contribution in [2.75, 3.05) is 19.6 Å². The van der Waals surface area contributed by atoms with Gasteiger partial charge in [0.15, 0.2) is 0 Å². The minimum Gasteiger partial charge on any atom is -0.368 e. The van der Waals surface area contributed by atoms with E-state index in [-0.39, 0.29) is 0 Å². The molecule has 0 aliphatic carbocycles. The molecular weight excluding hydrogens is 238 g/mol. The van der Waals surface area contributed by atoms with Crippen LogP contribution in [0.5, 0.6) is 0 Å². The molecule has 1 atom stereocenters. The number of carbonyl (C=O) groups is 1. The van der Waals surface area contributed by atoms with Gasteiger partial charge in [0.1, 0.15) is 0 Å². The van der Waals surface area contributed by atoms with Crippen molar-refractivity contribution in [3.63, 3.8) is 0 Å². The highest BCUT2D eigenvalue weighted by Crippen LogP contribution is 2.16.